The van der Waals surface area contributed by atoms with Gasteiger partial charge >= 0.3 is 0 Å². The highest BCUT2D eigenvalue weighted by molar-refractivity contribution is 9.10. The molecule has 0 amide bonds. The van der Waals surface area contributed by atoms with Gasteiger partial charge in [-0.1, -0.05) is 18.2 Å². The van der Waals surface area contributed by atoms with Gasteiger partial charge in [0.1, 0.15) is 11.6 Å². The van der Waals surface area contributed by atoms with Crippen molar-refractivity contribution in [1.82, 2.24) is 0 Å². The molecule has 100 valence electrons. The molecule has 2 aromatic rings. The van der Waals surface area contributed by atoms with Gasteiger partial charge < -0.3 is 10.5 Å². The molecule has 2 nitrogen and oxygen atoms in total. The van der Waals surface area contributed by atoms with Crippen LogP contribution in [0.4, 0.5) is 4.39 Å². The molecule has 4 heteroatoms. The van der Waals surface area contributed by atoms with Gasteiger partial charge in [0.2, 0.25) is 0 Å². The molecule has 0 spiro atoms. The van der Waals surface area contributed by atoms with E-state index in [1.54, 1.807) is 19.2 Å². The second-order valence-electron chi connectivity index (χ2n) is 4.33. The number of rotatable bonds is 4. The smallest absolute Gasteiger partial charge is 0.137 e. The summed E-state index contributed by atoms with van der Waals surface area (Å²) < 4.78 is 18.7. The predicted molar refractivity (Wildman–Crippen MR) is 77.7 cm³/mol. The Hall–Kier alpha value is -1.39. The summed E-state index contributed by atoms with van der Waals surface area (Å²) in [7, 11) is 1.63. The Morgan fingerprint density at radius 1 is 1.21 bits per heavy atom. The lowest BCUT2D eigenvalue weighted by molar-refractivity contribution is 0.414. The molecule has 2 N–H and O–H groups in total. The highest BCUT2D eigenvalue weighted by atomic mass is 79.9. The molecule has 0 aliphatic rings. The molecule has 1 unspecified atom stereocenters. The van der Waals surface area contributed by atoms with Crippen LogP contribution in [0, 0.1) is 5.82 Å². The molecule has 0 aliphatic heterocycles. The van der Waals surface area contributed by atoms with E-state index in [4.69, 9.17) is 10.5 Å². The number of hydrogen-bond acceptors (Lipinski definition) is 2. The van der Waals surface area contributed by atoms with Gasteiger partial charge in [-0.15, -0.1) is 0 Å². The average Bonchev–Trinajstić information content (AvgIpc) is 2.43. The second kappa shape index (κ2) is 6.17. The van der Waals surface area contributed by atoms with Crippen LogP contribution in [0.5, 0.6) is 5.75 Å². The minimum Gasteiger partial charge on any atom is -0.497 e. The van der Waals surface area contributed by atoms with Crippen LogP contribution in [0.3, 0.4) is 0 Å². The summed E-state index contributed by atoms with van der Waals surface area (Å²) in [6.07, 6.45) is 0.658. The third-order valence-electron chi connectivity index (χ3n) is 2.98. The zero-order valence-electron chi connectivity index (χ0n) is 10.6. The molecule has 0 saturated carbocycles. The van der Waals surface area contributed by atoms with Crippen LogP contribution < -0.4 is 10.5 Å². The van der Waals surface area contributed by atoms with E-state index in [0.29, 0.717) is 10.9 Å². The van der Waals surface area contributed by atoms with Crippen LogP contribution in [0.25, 0.3) is 0 Å². The Morgan fingerprint density at radius 3 is 2.47 bits per heavy atom. The number of benzene rings is 2. The number of ether oxygens (including phenoxy) is 1. The van der Waals surface area contributed by atoms with Gasteiger partial charge in [-0.05, 0) is 57.7 Å². The Balaban J connectivity index is 2.10. The first kappa shape index (κ1) is 14.0. The van der Waals surface area contributed by atoms with Crippen molar-refractivity contribution >= 4 is 15.9 Å². The van der Waals surface area contributed by atoms with Crippen molar-refractivity contribution in [2.24, 2.45) is 5.73 Å². The third-order valence-corrected chi connectivity index (χ3v) is 3.59. The van der Waals surface area contributed by atoms with E-state index in [1.807, 2.05) is 24.3 Å². The van der Waals surface area contributed by atoms with Crippen molar-refractivity contribution in [3.63, 3.8) is 0 Å². The zero-order valence-corrected chi connectivity index (χ0v) is 12.2. The Labute approximate surface area is 120 Å². The Kier molecular flexibility index (Phi) is 4.56. The van der Waals surface area contributed by atoms with Crippen LogP contribution in [0.2, 0.25) is 0 Å². The van der Waals surface area contributed by atoms with Crippen molar-refractivity contribution < 1.29 is 9.13 Å². The van der Waals surface area contributed by atoms with Crippen LogP contribution in [-0.2, 0) is 6.42 Å². The number of halogens is 2. The lowest BCUT2D eigenvalue weighted by Gasteiger charge is -2.13. The summed E-state index contributed by atoms with van der Waals surface area (Å²) in [4.78, 5) is 0. The monoisotopic (exact) mass is 323 g/mol. The van der Waals surface area contributed by atoms with Gasteiger partial charge in [-0.25, -0.2) is 4.39 Å². The van der Waals surface area contributed by atoms with Crippen LogP contribution >= 0.6 is 15.9 Å². The Morgan fingerprint density at radius 2 is 1.89 bits per heavy atom. The van der Waals surface area contributed by atoms with Crippen molar-refractivity contribution in [1.29, 1.82) is 0 Å². The van der Waals surface area contributed by atoms with Gasteiger partial charge in [0.25, 0.3) is 0 Å². The second-order valence-corrected chi connectivity index (χ2v) is 5.19. The lowest BCUT2D eigenvalue weighted by atomic mass is 10.00. The van der Waals surface area contributed by atoms with Gasteiger partial charge in [-0.3, -0.25) is 0 Å². The molecule has 0 bridgehead atoms. The van der Waals surface area contributed by atoms with Crippen LogP contribution in [0.15, 0.2) is 46.9 Å². The van der Waals surface area contributed by atoms with E-state index < -0.39 is 0 Å². The van der Waals surface area contributed by atoms with Gasteiger partial charge in [0.15, 0.2) is 0 Å². The molecule has 1 atom stereocenters. The Bertz CT molecular complexity index is 557. The minimum absolute atomic E-state index is 0.122. The maximum Gasteiger partial charge on any atom is 0.137 e. The standard InChI is InChI=1S/C15H15BrFNO/c1-19-12-5-3-11(4-6-12)15(18)9-10-2-7-14(17)13(16)8-10/h2-8,15H,9,18H2,1H3. The first-order valence-corrected chi connectivity index (χ1v) is 6.73. The van der Waals surface area contributed by atoms with Gasteiger partial charge in [0, 0.05) is 6.04 Å². The van der Waals surface area contributed by atoms with Crippen molar-refractivity contribution in [3.8, 4) is 5.75 Å². The molecule has 0 fully saturated rings. The summed E-state index contributed by atoms with van der Waals surface area (Å²) in [5, 5.41) is 0. The molecule has 0 aromatic heterocycles. The SMILES string of the molecule is COc1ccc(C(N)Cc2ccc(F)c(Br)c2)cc1. The minimum atomic E-state index is -0.262. The fraction of sp³-hybridized carbons (Fsp3) is 0.200. The maximum atomic E-state index is 13.2. The van der Waals surface area contributed by atoms with Crippen LogP contribution in [-0.4, -0.2) is 7.11 Å². The maximum absolute atomic E-state index is 13.2. The quantitative estimate of drug-likeness (QED) is 0.927. The molecule has 2 rings (SSSR count). The molecule has 0 aliphatic carbocycles. The summed E-state index contributed by atoms with van der Waals surface area (Å²) in [5.41, 5.74) is 8.18. The van der Waals surface area contributed by atoms with Crippen LogP contribution in [0.1, 0.15) is 17.2 Å². The first-order valence-electron chi connectivity index (χ1n) is 5.93. The van der Waals surface area contributed by atoms with Crippen molar-refractivity contribution in [2.45, 2.75) is 12.5 Å². The molecule has 19 heavy (non-hydrogen) atoms. The summed E-state index contributed by atoms with van der Waals surface area (Å²) >= 11 is 3.18. The number of methoxy groups -OCH3 is 1. The van der Waals surface area contributed by atoms with E-state index in [-0.39, 0.29) is 11.9 Å². The first-order chi connectivity index (χ1) is 9.10. The molecule has 0 heterocycles. The van der Waals surface area contributed by atoms with Gasteiger partial charge in [-0.2, -0.15) is 0 Å². The van der Waals surface area contributed by atoms with E-state index in [0.717, 1.165) is 16.9 Å². The third kappa shape index (κ3) is 3.55. The predicted octanol–water partition coefficient (Wildman–Crippen LogP) is 3.84. The highest BCUT2D eigenvalue weighted by Gasteiger charge is 2.09. The number of nitrogens with two attached hydrogens (primary N) is 1. The normalized spacial score (nSPS) is 12.2. The summed E-state index contributed by atoms with van der Waals surface area (Å²) in [6, 6.07) is 12.5. The van der Waals surface area contributed by atoms with Gasteiger partial charge in [0.05, 0.1) is 11.6 Å². The van der Waals surface area contributed by atoms with E-state index >= 15 is 0 Å². The van der Waals surface area contributed by atoms with E-state index in [1.165, 1.54) is 6.07 Å². The fourth-order valence-electron chi connectivity index (χ4n) is 1.89. The van der Waals surface area contributed by atoms with Crippen molar-refractivity contribution in [2.75, 3.05) is 7.11 Å². The highest BCUT2D eigenvalue weighted by Crippen LogP contribution is 2.22. The summed E-state index contributed by atoms with van der Waals surface area (Å²) in [5.74, 6) is 0.544. The molecule has 2 aromatic carbocycles. The zero-order chi connectivity index (χ0) is 13.8. The molecular formula is C15H15BrFNO. The molecular weight excluding hydrogens is 309 g/mol. The van der Waals surface area contributed by atoms with Crippen molar-refractivity contribution in [3.05, 3.63) is 63.9 Å². The van der Waals surface area contributed by atoms with E-state index in [9.17, 15) is 4.39 Å². The fourth-order valence-corrected chi connectivity index (χ4v) is 2.32. The summed E-state index contributed by atoms with van der Waals surface area (Å²) in [6.45, 7) is 0. The van der Waals surface area contributed by atoms with E-state index in [2.05, 4.69) is 15.9 Å². The average molecular weight is 324 g/mol. The lowest BCUT2D eigenvalue weighted by Crippen LogP contribution is -2.13. The molecule has 0 radical (unpaired) electrons. The topological polar surface area (TPSA) is 35.2 Å². The molecule has 0 saturated heterocycles. The number of hydrogen-bond donors (Lipinski definition) is 1. The largest absolute Gasteiger partial charge is 0.497 e.